The third kappa shape index (κ3) is 10.9. The lowest BCUT2D eigenvalue weighted by Crippen LogP contribution is -2.46. The lowest BCUT2D eigenvalue weighted by atomic mass is 9.75. The van der Waals surface area contributed by atoms with Crippen LogP contribution >= 0.6 is 0 Å². The minimum absolute atomic E-state index is 0.0201. The Morgan fingerprint density at radius 2 is 1.08 bits per heavy atom. The van der Waals surface area contributed by atoms with Crippen LogP contribution in [0.15, 0.2) is 0 Å². The summed E-state index contributed by atoms with van der Waals surface area (Å²) in [5, 5.41) is 0.500. The van der Waals surface area contributed by atoms with Gasteiger partial charge in [0.05, 0.1) is 24.5 Å². The molecule has 0 saturated heterocycles. The second-order valence-electron chi connectivity index (χ2n) is 15.0. The Morgan fingerprint density at radius 1 is 0.692 bits per heavy atom. The standard InChI is InChI=1S/C16H32O3Si.C15H30O3Si/c1-8-18-14(17)16(5)11-9-13(10-12-16)19-20(6,7)15(2,3)4;1-7-17-14(16)12-8-10-13(11-9-12)18-19(5,6)15(2,3)4/h13H,8-12H2,1-7H3;12-13H,7-11H2,1-6H3. The van der Waals surface area contributed by atoms with Crippen molar-refractivity contribution in [2.24, 2.45) is 11.3 Å². The molecule has 0 heterocycles. The molecule has 2 aliphatic carbocycles. The van der Waals surface area contributed by atoms with Gasteiger partial charge in [-0.25, -0.2) is 0 Å². The molecule has 39 heavy (non-hydrogen) atoms. The molecule has 0 aromatic heterocycles. The molecule has 2 fully saturated rings. The van der Waals surface area contributed by atoms with Crippen LogP contribution in [0.5, 0.6) is 0 Å². The van der Waals surface area contributed by atoms with E-state index in [2.05, 4.69) is 67.7 Å². The third-order valence-corrected chi connectivity index (χ3v) is 18.7. The fourth-order valence-electron chi connectivity index (χ4n) is 4.72. The van der Waals surface area contributed by atoms with Gasteiger partial charge in [0.15, 0.2) is 16.6 Å². The van der Waals surface area contributed by atoms with Gasteiger partial charge in [-0.2, -0.15) is 0 Å². The monoisotopic (exact) mass is 586 g/mol. The van der Waals surface area contributed by atoms with E-state index >= 15 is 0 Å². The Balaban J connectivity index is 0.000000391. The maximum absolute atomic E-state index is 12.0. The van der Waals surface area contributed by atoms with E-state index < -0.39 is 16.6 Å². The molecule has 0 unspecified atom stereocenters. The molecule has 0 bridgehead atoms. The van der Waals surface area contributed by atoms with Crippen LogP contribution in [0.1, 0.15) is 114 Å². The Labute approximate surface area is 242 Å². The highest BCUT2D eigenvalue weighted by Crippen LogP contribution is 2.43. The predicted octanol–water partition coefficient (Wildman–Crippen LogP) is 8.65. The average molecular weight is 587 g/mol. The second-order valence-corrected chi connectivity index (χ2v) is 24.5. The number of carbonyl (C=O) groups is 2. The van der Waals surface area contributed by atoms with E-state index in [0.717, 1.165) is 51.4 Å². The zero-order valence-corrected chi connectivity index (χ0v) is 29.8. The quantitative estimate of drug-likeness (QED) is 0.209. The molecular formula is C31H62O6Si2. The van der Waals surface area contributed by atoms with Gasteiger partial charge in [-0.1, -0.05) is 41.5 Å². The number of rotatable bonds is 8. The van der Waals surface area contributed by atoms with Crippen LogP contribution in [-0.2, 0) is 27.9 Å². The Bertz CT molecular complexity index is 765. The summed E-state index contributed by atoms with van der Waals surface area (Å²) in [6.07, 6.45) is 8.19. The molecule has 0 N–H and O–H groups in total. The van der Waals surface area contributed by atoms with Gasteiger partial charge >= 0.3 is 11.9 Å². The zero-order chi connectivity index (χ0) is 30.3. The molecule has 0 aromatic carbocycles. The average Bonchev–Trinajstić information content (AvgIpc) is 2.80. The first-order valence-electron chi connectivity index (χ1n) is 15.4. The van der Waals surface area contributed by atoms with Crippen molar-refractivity contribution in [1.82, 2.24) is 0 Å². The van der Waals surface area contributed by atoms with Crippen LogP contribution in [0.2, 0.25) is 36.3 Å². The van der Waals surface area contributed by atoms with Gasteiger partial charge in [0.25, 0.3) is 0 Å². The summed E-state index contributed by atoms with van der Waals surface area (Å²) in [6, 6.07) is 0. The summed E-state index contributed by atoms with van der Waals surface area (Å²) < 4.78 is 23.2. The van der Waals surface area contributed by atoms with Crippen molar-refractivity contribution in [2.75, 3.05) is 13.2 Å². The number of esters is 2. The lowest BCUT2D eigenvalue weighted by Gasteiger charge is -2.42. The van der Waals surface area contributed by atoms with Gasteiger partial charge in [0.2, 0.25) is 0 Å². The topological polar surface area (TPSA) is 71.1 Å². The van der Waals surface area contributed by atoms with Crippen molar-refractivity contribution >= 4 is 28.6 Å². The van der Waals surface area contributed by atoms with Gasteiger partial charge in [0.1, 0.15) is 0 Å². The molecule has 2 rings (SSSR count). The molecule has 0 radical (unpaired) electrons. The van der Waals surface area contributed by atoms with Gasteiger partial charge in [-0.15, -0.1) is 0 Å². The number of hydrogen-bond acceptors (Lipinski definition) is 6. The van der Waals surface area contributed by atoms with E-state index in [0.29, 0.717) is 25.4 Å². The molecule has 6 nitrogen and oxygen atoms in total. The largest absolute Gasteiger partial charge is 0.466 e. The van der Waals surface area contributed by atoms with Crippen molar-refractivity contribution in [2.45, 2.75) is 162 Å². The fraction of sp³-hybridized carbons (Fsp3) is 0.935. The molecule has 2 saturated carbocycles. The van der Waals surface area contributed by atoms with Crippen molar-refractivity contribution < 1.29 is 27.9 Å². The Kier molecular flexibility index (Phi) is 13.5. The second kappa shape index (κ2) is 14.5. The van der Waals surface area contributed by atoms with Crippen LogP contribution in [0.25, 0.3) is 0 Å². The summed E-state index contributed by atoms with van der Waals surface area (Å²) in [5.41, 5.74) is -0.302. The molecule has 0 atom stereocenters. The van der Waals surface area contributed by atoms with Gasteiger partial charge < -0.3 is 18.3 Å². The van der Waals surface area contributed by atoms with Gasteiger partial charge in [0, 0.05) is 12.2 Å². The lowest BCUT2D eigenvalue weighted by molar-refractivity contribution is -0.157. The van der Waals surface area contributed by atoms with E-state index in [1.54, 1.807) is 0 Å². The van der Waals surface area contributed by atoms with Crippen molar-refractivity contribution in [3.8, 4) is 0 Å². The molecular weight excluding hydrogens is 525 g/mol. The maximum atomic E-state index is 12.0. The first-order valence-corrected chi connectivity index (χ1v) is 21.2. The predicted molar refractivity (Wildman–Crippen MR) is 166 cm³/mol. The summed E-state index contributed by atoms with van der Waals surface area (Å²) in [7, 11) is -3.37. The Hall–Kier alpha value is -0.706. The highest BCUT2D eigenvalue weighted by atomic mass is 28.4. The fourth-order valence-corrected chi connectivity index (χ4v) is 7.56. The van der Waals surface area contributed by atoms with E-state index in [9.17, 15) is 9.59 Å². The molecule has 230 valence electrons. The van der Waals surface area contributed by atoms with Gasteiger partial charge in [-0.3, -0.25) is 9.59 Å². The van der Waals surface area contributed by atoms with Crippen LogP contribution in [0.4, 0.5) is 0 Å². The van der Waals surface area contributed by atoms with Crippen molar-refractivity contribution in [1.29, 1.82) is 0 Å². The molecule has 0 aliphatic heterocycles. The summed E-state index contributed by atoms with van der Waals surface area (Å²) in [6.45, 7) is 29.5. The first-order chi connectivity index (χ1) is 17.7. The van der Waals surface area contributed by atoms with E-state index in [-0.39, 0.29) is 33.3 Å². The zero-order valence-electron chi connectivity index (χ0n) is 27.8. The van der Waals surface area contributed by atoms with Crippen LogP contribution in [0, 0.1) is 11.3 Å². The van der Waals surface area contributed by atoms with Gasteiger partial charge in [-0.05, 0) is 108 Å². The van der Waals surface area contributed by atoms with Crippen LogP contribution < -0.4 is 0 Å². The maximum Gasteiger partial charge on any atom is 0.311 e. The van der Waals surface area contributed by atoms with E-state index in [1.165, 1.54) is 0 Å². The molecule has 8 heteroatoms. The summed E-state index contributed by atoms with van der Waals surface area (Å²) in [5.74, 6) is 0.0401. The minimum atomic E-state index is -1.70. The molecule has 0 aromatic rings. The van der Waals surface area contributed by atoms with E-state index in [1.807, 2.05) is 20.8 Å². The normalized spacial score (nSPS) is 26.7. The minimum Gasteiger partial charge on any atom is -0.466 e. The first kappa shape index (κ1) is 36.3. The molecule has 2 aliphatic rings. The molecule has 0 spiro atoms. The number of hydrogen-bond donors (Lipinski definition) is 0. The Morgan fingerprint density at radius 3 is 1.44 bits per heavy atom. The summed E-state index contributed by atoms with van der Waals surface area (Å²) in [4.78, 5) is 23.7. The molecule has 0 amide bonds. The highest BCUT2D eigenvalue weighted by Gasteiger charge is 2.44. The van der Waals surface area contributed by atoms with E-state index in [4.69, 9.17) is 18.3 Å². The smallest absolute Gasteiger partial charge is 0.311 e. The number of carbonyl (C=O) groups excluding carboxylic acids is 2. The highest BCUT2D eigenvalue weighted by molar-refractivity contribution is 6.74. The number of ether oxygens (including phenoxy) is 2. The van der Waals surface area contributed by atoms with Crippen LogP contribution in [0.3, 0.4) is 0 Å². The SMILES string of the molecule is CCOC(=O)C1(C)CCC(O[Si](C)(C)C(C)(C)C)CC1.CCOC(=O)C1CCC(O[Si](C)(C)C(C)(C)C)CC1. The summed E-state index contributed by atoms with van der Waals surface area (Å²) >= 11 is 0. The van der Waals surface area contributed by atoms with Crippen molar-refractivity contribution in [3.05, 3.63) is 0 Å². The third-order valence-electron chi connectivity index (χ3n) is 9.63. The van der Waals surface area contributed by atoms with Crippen molar-refractivity contribution in [3.63, 3.8) is 0 Å². The van der Waals surface area contributed by atoms with Crippen LogP contribution in [-0.4, -0.2) is 54.0 Å².